The van der Waals surface area contributed by atoms with Crippen molar-refractivity contribution in [2.75, 3.05) is 7.11 Å². The number of hydrogen-bond donors (Lipinski definition) is 0. The molecule has 9 aromatic rings. The molecule has 0 saturated heterocycles. The van der Waals surface area contributed by atoms with Gasteiger partial charge in [-0.15, -0.1) is 11.3 Å². The molecule has 0 aliphatic heterocycles. The Hall–Kier alpha value is -7.51. The Kier molecular flexibility index (Phi) is 31.9. The fraction of sp³-hybridized carbons (Fsp3) is 0.550. The number of rotatable bonds is 3. The summed E-state index contributed by atoms with van der Waals surface area (Å²) in [6.07, 6.45) is 15.1. The summed E-state index contributed by atoms with van der Waals surface area (Å²) in [6, 6.07) is 23.4. The van der Waals surface area contributed by atoms with Crippen LogP contribution in [0.4, 0.5) is 4.39 Å². The molecule has 1 fully saturated rings. The van der Waals surface area contributed by atoms with Gasteiger partial charge in [0, 0.05) is 96.9 Å². The molecule has 0 radical (unpaired) electrons. The summed E-state index contributed by atoms with van der Waals surface area (Å²) in [5.41, 5.74) is 5.80. The molecule has 0 bridgehead atoms. The van der Waals surface area contributed by atoms with Crippen LogP contribution in [0.3, 0.4) is 0 Å². The van der Waals surface area contributed by atoms with Crippen LogP contribution in [0.1, 0.15) is 298 Å². The zero-order valence-electron chi connectivity index (χ0n) is 64.4. The molecule has 1 unspecified atom stereocenters. The largest absolute Gasteiger partial charge is 0.481 e. The summed E-state index contributed by atoms with van der Waals surface area (Å²) in [5, 5.41) is 11.9. The van der Waals surface area contributed by atoms with E-state index < -0.39 is 6.17 Å². The molecule has 1 atom stereocenters. The van der Waals surface area contributed by atoms with Gasteiger partial charge in [-0.25, -0.2) is 29.3 Å². The summed E-state index contributed by atoms with van der Waals surface area (Å²) >= 11 is 1.75. The maximum Gasteiger partial charge on any atom is 0.213 e. The summed E-state index contributed by atoms with van der Waals surface area (Å²) < 4.78 is 44.5. The number of alkyl halides is 1. The summed E-state index contributed by atoms with van der Waals surface area (Å²) in [6.45, 7) is 62.7. The Morgan fingerprint density at radius 2 is 1.09 bits per heavy atom. The quantitative estimate of drug-likeness (QED) is 0.162. The van der Waals surface area contributed by atoms with Crippen LogP contribution < -0.4 is 4.74 Å². The van der Waals surface area contributed by atoms with Crippen molar-refractivity contribution in [3.8, 4) is 11.9 Å². The topological polar surface area (TPSA) is 189 Å². The van der Waals surface area contributed by atoms with E-state index in [-0.39, 0.29) is 48.7 Å². The van der Waals surface area contributed by atoms with Gasteiger partial charge in [-0.2, -0.15) is 5.26 Å². The molecule has 14 nitrogen and oxygen atoms in total. The highest BCUT2D eigenvalue weighted by Crippen LogP contribution is 2.42. The molecular formula is C80H119FN8O6S. The van der Waals surface area contributed by atoms with Gasteiger partial charge in [-0.1, -0.05) is 193 Å². The molecule has 1 aliphatic carbocycles. The maximum absolute atomic E-state index is 12.7. The van der Waals surface area contributed by atoms with E-state index >= 15 is 0 Å². The zero-order valence-corrected chi connectivity index (χ0v) is 65.2. The van der Waals surface area contributed by atoms with Gasteiger partial charge >= 0.3 is 0 Å². The minimum Gasteiger partial charge on any atom is -0.481 e. The van der Waals surface area contributed by atoms with E-state index in [9.17, 15) is 4.39 Å². The van der Waals surface area contributed by atoms with Gasteiger partial charge in [-0.3, -0.25) is 9.97 Å². The number of nitrogens with zero attached hydrogens (tertiary/aromatic N) is 8. The molecule has 16 heteroatoms. The second-order valence-electron chi connectivity index (χ2n) is 33.1. The van der Waals surface area contributed by atoms with E-state index in [1.165, 1.54) is 42.5 Å². The lowest BCUT2D eigenvalue weighted by Gasteiger charge is -2.18. The van der Waals surface area contributed by atoms with Gasteiger partial charge in [0.15, 0.2) is 18.5 Å². The van der Waals surface area contributed by atoms with E-state index in [0.717, 1.165) is 57.7 Å². The van der Waals surface area contributed by atoms with Gasteiger partial charge in [0.2, 0.25) is 5.88 Å². The lowest BCUT2D eigenvalue weighted by atomic mass is 9.88. The maximum atomic E-state index is 12.7. The third-order valence-electron chi connectivity index (χ3n) is 13.9. The fourth-order valence-corrected chi connectivity index (χ4v) is 8.50. The van der Waals surface area contributed by atoms with E-state index in [2.05, 4.69) is 219 Å². The molecule has 1 aliphatic rings. The molecule has 528 valence electrons. The van der Waals surface area contributed by atoms with Crippen LogP contribution in [0.25, 0.3) is 0 Å². The number of aromatic nitrogens is 7. The lowest BCUT2D eigenvalue weighted by molar-refractivity contribution is 0.287. The molecule has 96 heavy (non-hydrogen) atoms. The Morgan fingerprint density at radius 3 is 1.42 bits per heavy atom. The normalized spacial score (nSPS) is 12.8. The van der Waals surface area contributed by atoms with Gasteiger partial charge in [0.1, 0.15) is 58.3 Å². The molecule has 1 saturated carbocycles. The molecule has 0 spiro atoms. The summed E-state index contributed by atoms with van der Waals surface area (Å²) in [7, 11) is 1.63. The molecule has 0 aromatic carbocycles. The second-order valence-corrected chi connectivity index (χ2v) is 34.0. The third kappa shape index (κ3) is 32.5. The lowest BCUT2D eigenvalue weighted by Crippen LogP contribution is -2.13. The summed E-state index contributed by atoms with van der Waals surface area (Å²) in [4.78, 5) is 28.7. The Morgan fingerprint density at radius 1 is 0.531 bits per heavy atom. The standard InChI is InChI=1S/C11H16O.C10H15FO.C10H12N2.C10H15NO.C9H14O.C8H12N2.C8H13NS.2C7H11NO/c1-11(2,3)10-7-6-9(12-10)8-4-5-8;1-7(11)8-5-6-9(12-8)10(2,3)4;1-10(2,3)9-6-4-5-8(7-11)12-9;1-10(2,3)8-5-6-11-9(7-8)12-4;1-7-5-6-8(10-7)9(2,3)4;1-8(2,3)7-6-9-4-5-10-7;1-6-5-10-7(9-6)8(2,3)4;1-7(2,3)6-4-8-5-9-6;1-7(2,3)6-8-4-5-9-6/h6-8H,4-5H2,1-3H3;5-7H,1-4H3;4-6H,1-3H3;5-7H,1-4H3;5-6H,1-4H3;4-6H,1-3H3;5H,1-4H3;2*4-5H,1-3H3. The van der Waals surface area contributed by atoms with Gasteiger partial charge in [0.05, 0.1) is 30.2 Å². The van der Waals surface area contributed by atoms with Crippen LogP contribution in [-0.2, 0) is 48.7 Å². The highest BCUT2D eigenvalue weighted by Gasteiger charge is 2.29. The number of halogens is 1. The van der Waals surface area contributed by atoms with Crippen molar-refractivity contribution in [3.63, 3.8) is 0 Å². The highest BCUT2D eigenvalue weighted by atomic mass is 32.1. The number of thiazole rings is 1. The average Bonchev–Trinajstić information content (AvgIpc) is 1.69. The number of hydrogen-bond acceptors (Lipinski definition) is 15. The third-order valence-corrected chi connectivity index (χ3v) is 15.2. The van der Waals surface area contributed by atoms with E-state index in [0.29, 0.717) is 17.3 Å². The first-order chi connectivity index (χ1) is 43.9. The first-order valence-electron chi connectivity index (χ1n) is 33.2. The molecule has 10 rings (SSSR count). The van der Waals surface area contributed by atoms with Gasteiger partial charge in [0.25, 0.3) is 0 Å². The zero-order chi connectivity index (χ0) is 73.5. The van der Waals surface area contributed by atoms with Crippen LogP contribution in [0, 0.1) is 25.2 Å². The van der Waals surface area contributed by atoms with Crippen molar-refractivity contribution in [1.29, 1.82) is 5.26 Å². The number of furan rings is 3. The minimum atomic E-state index is -1.01. The van der Waals surface area contributed by atoms with Crippen LogP contribution in [-0.4, -0.2) is 42.0 Å². The van der Waals surface area contributed by atoms with Crippen LogP contribution in [0.5, 0.6) is 5.88 Å². The Labute approximate surface area is 581 Å². The van der Waals surface area contributed by atoms with Crippen LogP contribution in [0.2, 0.25) is 0 Å². The molecule has 0 amide bonds. The Bertz CT molecular complexity index is 3470. The van der Waals surface area contributed by atoms with E-state index in [1.807, 2.05) is 83.2 Å². The van der Waals surface area contributed by atoms with E-state index in [1.54, 1.807) is 74.0 Å². The molecule has 0 N–H and O–H groups in total. The Balaban J connectivity index is 0.000000368. The molecule has 9 heterocycles. The number of methoxy groups -OCH3 is 1. The number of ether oxygens (including phenoxy) is 1. The van der Waals surface area contributed by atoms with Gasteiger partial charge < -0.3 is 26.8 Å². The van der Waals surface area contributed by atoms with Crippen molar-refractivity contribution in [1.82, 2.24) is 34.9 Å². The number of pyridine rings is 2. The fourth-order valence-electron chi connectivity index (χ4n) is 7.62. The number of nitriles is 1. The SMILES string of the molecule is CC(C)(C)c1ccc(C2CC2)o1.CC(C)(C)c1cccc(C#N)n1.CC(C)(C)c1cnccn1.CC(C)(C)c1cnco1.CC(C)(C)c1ncco1.CC(F)c1ccc(C(C)(C)C)o1.COc1cc(C(C)(C)C)ccn1.Cc1ccc(C(C)(C)C)o1.Cc1csc(C(C)(C)C)n1. The average molecular weight is 1340 g/mol. The van der Waals surface area contributed by atoms with Crippen molar-refractivity contribution in [2.24, 2.45) is 0 Å². The first kappa shape index (κ1) is 84.6. The highest BCUT2D eigenvalue weighted by molar-refractivity contribution is 7.09. The summed E-state index contributed by atoms with van der Waals surface area (Å²) in [5.74, 6) is 8.76. The molecular weight excluding hydrogens is 1220 g/mol. The van der Waals surface area contributed by atoms with Crippen LogP contribution >= 0.6 is 11.3 Å². The predicted molar refractivity (Wildman–Crippen MR) is 392 cm³/mol. The number of oxazole rings is 2. The van der Waals surface area contributed by atoms with Crippen molar-refractivity contribution < 1.29 is 31.2 Å². The van der Waals surface area contributed by atoms with Crippen molar-refractivity contribution >= 4 is 11.3 Å². The second kappa shape index (κ2) is 36.2. The van der Waals surface area contributed by atoms with Crippen molar-refractivity contribution in [3.05, 3.63) is 202 Å². The smallest absolute Gasteiger partial charge is 0.213 e. The minimum absolute atomic E-state index is 0.0207. The molecule has 9 aromatic heterocycles. The number of aryl methyl sites for hydroxylation is 2. The van der Waals surface area contributed by atoms with Crippen LogP contribution in [0.15, 0.2) is 144 Å². The monoisotopic (exact) mass is 1340 g/mol. The first-order valence-corrected chi connectivity index (χ1v) is 34.0. The predicted octanol–water partition coefficient (Wildman–Crippen LogP) is 23.1. The van der Waals surface area contributed by atoms with Crippen molar-refractivity contribution in [2.45, 2.75) is 281 Å². The van der Waals surface area contributed by atoms with E-state index in [4.69, 9.17) is 32.1 Å². The van der Waals surface area contributed by atoms with Gasteiger partial charge in [-0.05, 0) is 99.2 Å².